The monoisotopic (exact) mass is 1080 g/mol. The lowest BCUT2D eigenvalue weighted by Gasteiger charge is -2.46. The molecule has 80 heavy (non-hydrogen) atoms. The zero-order valence-electron chi connectivity index (χ0n) is 44.8. The molecule has 6 aromatic carbocycles. The molecule has 17 nitrogen and oxygen atoms in total. The minimum Gasteiger partial charge on any atom is -0.493 e. The number of esters is 3. The van der Waals surface area contributed by atoms with Gasteiger partial charge in [0.15, 0.2) is 17.4 Å². The molecule has 17 heteroatoms. The summed E-state index contributed by atoms with van der Waals surface area (Å²) in [7, 11) is 5.38. The third-order valence-electron chi connectivity index (χ3n) is 15.6. The summed E-state index contributed by atoms with van der Waals surface area (Å²) >= 11 is 0. The highest BCUT2D eigenvalue weighted by atomic mass is 16.6. The number of carbonyl (C=O) groups is 6. The highest BCUT2D eigenvalue weighted by Gasteiger charge is 2.76. The van der Waals surface area contributed by atoms with Crippen molar-refractivity contribution >= 4 is 41.4 Å². The number of amides is 4. The number of imide groups is 1. The summed E-state index contributed by atoms with van der Waals surface area (Å²) in [6.07, 6.45) is -0.915. The van der Waals surface area contributed by atoms with Crippen LogP contribution >= 0.6 is 0 Å². The number of benzene rings is 6. The molecule has 2 fully saturated rings. The summed E-state index contributed by atoms with van der Waals surface area (Å²) in [6.45, 7) is 1.65. The van der Waals surface area contributed by atoms with Crippen molar-refractivity contribution in [3.63, 3.8) is 0 Å². The van der Waals surface area contributed by atoms with Crippen molar-refractivity contribution in [1.82, 2.24) is 15.1 Å². The number of ether oxygens (including phenoxy) is 6. The molecule has 10 rings (SSSR count). The predicted octanol–water partition coefficient (Wildman–Crippen LogP) is 7.50. The fraction of sp³-hybridized carbons (Fsp3) is 0.302. The van der Waals surface area contributed by atoms with E-state index in [9.17, 15) is 14.7 Å². The van der Waals surface area contributed by atoms with Crippen LogP contribution in [0.1, 0.15) is 82.1 Å². The van der Waals surface area contributed by atoms with Crippen molar-refractivity contribution in [2.24, 2.45) is 11.8 Å². The van der Waals surface area contributed by atoms with Gasteiger partial charge in [0, 0.05) is 25.1 Å². The first kappa shape index (κ1) is 54.4. The molecule has 6 aromatic rings. The van der Waals surface area contributed by atoms with Crippen molar-refractivity contribution in [2.45, 2.75) is 62.0 Å². The van der Waals surface area contributed by atoms with E-state index < -0.39 is 83.3 Å². The summed E-state index contributed by atoms with van der Waals surface area (Å²) in [6, 6.07) is 38.4. The highest BCUT2D eigenvalue weighted by Crippen LogP contribution is 2.66. The van der Waals surface area contributed by atoms with Crippen LogP contribution in [0.25, 0.3) is 0 Å². The van der Waals surface area contributed by atoms with E-state index >= 15 is 19.2 Å². The standard InChI is InChI=1S/C63H60N4O13/c1-38(40-18-9-6-10-19-40)64-62(74)66-49-28-27-39(17-15-26-47(58(70)77-4)59(71)78-5)33-48(49)63(61(66)73)52(57(69)65-30-29-43-35-50(75-2)51(76-3)36-45(43)37-65)54-60(72)80-55(42-22-13-8-14-23-42)53(41-20-11-7-12-21-41)67(54)56(63)44-24-16-25-46(34-44)79-32-31-68/h6-14,16,18-25,27-28,33-36,38,47,52-56,68H,26,29-32,37H2,1-5H3,(H,64,74)/t38-,52+,53+,54+,55-,56-,63+/m1/s1. The van der Waals surface area contributed by atoms with Crippen LogP contribution in [0.4, 0.5) is 10.5 Å². The van der Waals surface area contributed by atoms with E-state index in [1.165, 1.54) is 7.11 Å². The Hall–Kier alpha value is -8.98. The van der Waals surface area contributed by atoms with Gasteiger partial charge < -0.3 is 43.7 Å². The summed E-state index contributed by atoms with van der Waals surface area (Å²) in [5.74, 6) is 0.490. The molecule has 410 valence electrons. The number of nitrogens with one attached hydrogen (secondary N) is 1. The van der Waals surface area contributed by atoms with Gasteiger partial charge in [-0.2, -0.15) is 0 Å². The third-order valence-corrected chi connectivity index (χ3v) is 15.6. The molecular formula is C63H60N4O13. The number of hydrogen-bond acceptors (Lipinski definition) is 14. The van der Waals surface area contributed by atoms with Crippen LogP contribution in [0.15, 0.2) is 146 Å². The topological polar surface area (TPSA) is 200 Å². The van der Waals surface area contributed by atoms with E-state index in [1.54, 1.807) is 61.4 Å². The second kappa shape index (κ2) is 23.2. The Morgan fingerprint density at radius 2 is 1.39 bits per heavy atom. The molecule has 1 spiro atoms. The number of anilines is 1. The molecule has 0 saturated carbocycles. The van der Waals surface area contributed by atoms with E-state index in [4.69, 9.17) is 28.4 Å². The molecule has 0 aliphatic carbocycles. The maximum Gasteiger partial charge on any atom is 0.329 e. The smallest absolute Gasteiger partial charge is 0.329 e. The number of aliphatic hydroxyl groups is 1. The second-order valence-electron chi connectivity index (χ2n) is 20.0. The second-order valence-corrected chi connectivity index (χ2v) is 20.0. The van der Waals surface area contributed by atoms with Gasteiger partial charge in [0.1, 0.15) is 29.9 Å². The number of hydrogen-bond donors (Lipinski definition) is 2. The summed E-state index contributed by atoms with van der Waals surface area (Å²) in [5, 5.41) is 13.0. The van der Waals surface area contributed by atoms with Crippen LogP contribution < -0.4 is 24.4 Å². The van der Waals surface area contributed by atoms with E-state index in [1.807, 2.05) is 108 Å². The van der Waals surface area contributed by atoms with Gasteiger partial charge in [0.25, 0.3) is 0 Å². The molecule has 4 aliphatic rings. The molecule has 0 aromatic heterocycles. The first-order valence-corrected chi connectivity index (χ1v) is 26.3. The number of rotatable bonds is 14. The quantitative estimate of drug-likeness (QED) is 0.0470. The summed E-state index contributed by atoms with van der Waals surface area (Å²) in [4.78, 5) is 95.4. The van der Waals surface area contributed by atoms with E-state index in [-0.39, 0.29) is 49.5 Å². The number of nitrogens with zero attached hydrogens (tertiary/aromatic N) is 3. The van der Waals surface area contributed by atoms with Gasteiger partial charge in [0.2, 0.25) is 11.8 Å². The molecule has 2 saturated heterocycles. The van der Waals surface area contributed by atoms with E-state index in [0.717, 1.165) is 35.8 Å². The lowest BCUT2D eigenvalue weighted by atomic mass is 9.64. The number of carbonyl (C=O) groups excluding carboxylic acids is 6. The molecule has 2 N–H and O–H groups in total. The Labute approximate surface area is 463 Å². The number of fused-ring (bicyclic) bond motifs is 4. The van der Waals surface area contributed by atoms with E-state index in [2.05, 4.69) is 17.2 Å². The Kier molecular flexibility index (Phi) is 15.7. The lowest BCUT2D eigenvalue weighted by Crippen LogP contribution is -2.57. The van der Waals surface area contributed by atoms with Gasteiger partial charge >= 0.3 is 23.9 Å². The zero-order chi connectivity index (χ0) is 56.2. The van der Waals surface area contributed by atoms with Gasteiger partial charge in [0.05, 0.1) is 64.8 Å². The zero-order valence-corrected chi connectivity index (χ0v) is 44.8. The van der Waals surface area contributed by atoms with Crippen LogP contribution in [0, 0.1) is 23.7 Å². The molecule has 0 unspecified atom stereocenters. The van der Waals surface area contributed by atoms with Crippen molar-refractivity contribution < 1.29 is 62.3 Å². The molecule has 0 bridgehead atoms. The fourth-order valence-electron chi connectivity index (χ4n) is 12.0. The minimum atomic E-state index is -2.17. The van der Waals surface area contributed by atoms with Gasteiger partial charge in [-0.3, -0.25) is 28.9 Å². The normalized spacial score (nSPS) is 21.3. The molecule has 0 radical (unpaired) electrons. The number of methoxy groups -OCH3 is 4. The molecule has 4 amide bonds. The fourth-order valence-corrected chi connectivity index (χ4v) is 12.0. The van der Waals surface area contributed by atoms with Crippen molar-refractivity contribution in [2.75, 3.05) is 53.1 Å². The predicted molar refractivity (Wildman–Crippen MR) is 292 cm³/mol. The summed E-state index contributed by atoms with van der Waals surface area (Å²) < 4.78 is 34.0. The first-order valence-electron chi connectivity index (χ1n) is 26.3. The van der Waals surface area contributed by atoms with Gasteiger partial charge in [-0.1, -0.05) is 115 Å². The van der Waals surface area contributed by atoms with Gasteiger partial charge in [-0.05, 0) is 94.8 Å². The van der Waals surface area contributed by atoms with Crippen LogP contribution in [0.3, 0.4) is 0 Å². The Morgan fingerprint density at radius 1 is 0.750 bits per heavy atom. The number of morpholine rings is 1. The maximum absolute atomic E-state index is 17.1. The molecule has 7 atom stereocenters. The maximum atomic E-state index is 17.1. The van der Waals surface area contributed by atoms with Gasteiger partial charge in [-0.25, -0.2) is 9.69 Å². The van der Waals surface area contributed by atoms with Crippen molar-refractivity contribution in [3.05, 3.63) is 190 Å². The number of cyclic esters (lactones) is 1. The number of urea groups is 1. The average molecular weight is 1080 g/mol. The van der Waals surface area contributed by atoms with Crippen LogP contribution in [0.5, 0.6) is 17.2 Å². The van der Waals surface area contributed by atoms with Crippen molar-refractivity contribution in [3.8, 4) is 29.1 Å². The third kappa shape index (κ3) is 9.75. The minimum absolute atomic E-state index is 0.0552. The van der Waals surface area contributed by atoms with E-state index in [0.29, 0.717) is 40.4 Å². The first-order chi connectivity index (χ1) is 38.9. The average Bonchev–Trinajstić information content (AvgIpc) is 4.15. The van der Waals surface area contributed by atoms with Crippen LogP contribution in [-0.2, 0) is 56.6 Å². The number of aliphatic hydroxyl groups excluding tert-OH is 1. The largest absolute Gasteiger partial charge is 0.493 e. The molecular weight excluding hydrogens is 1020 g/mol. The summed E-state index contributed by atoms with van der Waals surface area (Å²) in [5.41, 5.74) is 2.68. The highest BCUT2D eigenvalue weighted by molar-refractivity contribution is 6.24. The van der Waals surface area contributed by atoms with Crippen LogP contribution in [0.2, 0.25) is 0 Å². The Bertz CT molecular complexity index is 3390. The lowest BCUT2D eigenvalue weighted by molar-refractivity contribution is -0.179. The van der Waals surface area contributed by atoms with Crippen LogP contribution in [-0.4, -0.2) is 105 Å². The SMILES string of the molecule is COC(=O)C(CC#Cc1ccc2c(c1)[C@]1(C(=O)N2C(=O)N[C@H](C)c2ccccc2)[C@H](C(=O)N2CCc3cc(OC)c(OC)cc3C2)[C@H]2C(=O)O[C@H](c3ccccc3)[C@H](c3ccccc3)N2[C@@H]1c1cccc(OCCO)c1)C(=O)OC. The van der Waals surface area contributed by atoms with Gasteiger partial charge in [-0.15, -0.1) is 0 Å². The Balaban J connectivity index is 1.26. The van der Waals surface area contributed by atoms with Crippen molar-refractivity contribution in [1.29, 1.82) is 0 Å². The molecule has 4 heterocycles. The molecule has 4 aliphatic heterocycles. The Morgan fingerprint density at radius 3 is 2.04 bits per heavy atom.